The van der Waals surface area contributed by atoms with Crippen molar-refractivity contribution in [3.05, 3.63) is 29.3 Å². The molecule has 0 heterocycles. The van der Waals surface area contributed by atoms with E-state index in [-0.39, 0.29) is 16.7 Å². The number of halogens is 1. The van der Waals surface area contributed by atoms with Crippen LogP contribution < -0.4 is 4.18 Å². The lowest BCUT2D eigenvalue weighted by atomic mass is 9.88. The van der Waals surface area contributed by atoms with Gasteiger partial charge in [-0.2, -0.15) is 8.42 Å². The number of benzene rings is 1. The maximum Gasteiger partial charge on any atom is 0.401 e. The molecule has 0 fully saturated rings. The third-order valence-corrected chi connectivity index (χ3v) is 3.46. The summed E-state index contributed by atoms with van der Waals surface area (Å²) in [7, 11) is 0.786. The predicted molar refractivity (Wildman–Crippen MR) is 81.2 cm³/mol. The highest BCUT2D eigenvalue weighted by atomic mass is 35.7. The lowest BCUT2D eigenvalue weighted by Gasteiger charge is -2.18. The van der Waals surface area contributed by atoms with Crippen molar-refractivity contribution in [3.8, 4) is 5.75 Å². The van der Waals surface area contributed by atoms with Crippen LogP contribution in [-0.4, -0.2) is 19.5 Å². The van der Waals surface area contributed by atoms with E-state index in [0.29, 0.717) is 12.0 Å². The van der Waals surface area contributed by atoms with Crippen LogP contribution in [0.1, 0.15) is 49.5 Å². The van der Waals surface area contributed by atoms with Crippen molar-refractivity contribution < 1.29 is 22.5 Å². The highest BCUT2D eigenvalue weighted by molar-refractivity contribution is 8.10. The number of carboxylic acids is 1. The van der Waals surface area contributed by atoms with E-state index in [1.165, 1.54) is 12.1 Å². The molecule has 0 saturated carbocycles. The highest BCUT2D eigenvalue weighted by Gasteiger charge is 2.16. The lowest BCUT2D eigenvalue weighted by molar-refractivity contribution is 0.0695. The minimum absolute atomic E-state index is 0.0294. The number of hydrogen-bond acceptors (Lipinski definition) is 4. The summed E-state index contributed by atoms with van der Waals surface area (Å²) in [5, 5.41) is 9.21. The molecular formula is C14H19ClO5S. The van der Waals surface area contributed by atoms with Crippen LogP contribution in [0.5, 0.6) is 5.75 Å². The van der Waals surface area contributed by atoms with Gasteiger partial charge in [-0.15, -0.1) is 0 Å². The Hall–Kier alpha value is -1.27. The zero-order valence-corrected chi connectivity index (χ0v) is 13.8. The molecule has 0 spiro atoms. The number of aryl methyl sites for hydroxylation is 1. The van der Waals surface area contributed by atoms with E-state index in [1.807, 2.05) is 0 Å². The average molecular weight is 335 g/mol. The van der Waals surface area contributed by atoms with E-state index in [0.717, 1.165) is 12.8 Å². The quantitative estimate of drug-likeness (QED) is 0.804. The van der Waals surface area contributed by atoms with Crippen LogP contribution in [0.25, 0.3) is 0 Å². The van der Waals surface area contributed by atoms with Crippen molar-refractivity contribution in [1.82, 2.24) is 0 Å². The first kappa shape index (κ1) is 17.8. The van der Waals surface area contributed by atoms with Crippen LogP contribution in [0, 0.1) is 5.41 Å². The molecule has 0 amide bonds. The molecule has 7 heteroatoms. The van der Waals surface area contributed by atoms with Crippen molar-refractivity contribution in [2.24, 2.45) is 5.41 Å². The standard InChI is InChI=1S/C14H19ClO5S/c1-14(2,3)8-4-5-10-6-7-11(20-21(15,18)19)9-12(10)13(16)17/h6-7,9H,4-5,8H2,1-3H3,(H,16,17). The zero-order valence-electron chi connectivity index (χ0n) is 12.2. The summed E-state index contributed by atoms with van der Waals surface area (Å²) in [5.41, 5.74) is 0.854. The average Bonchev–Trinajstić information content (AvgIpc) is 2.26. The number of carbonyl (C=O) groups is 1. The van der Waals surface area contributed by atoms with Gasteiger partial charge in [0.1, 0.15) is 5.75 Å². The SMILES string of the molecule is CC(C)(C)CCCc1ccc(OS(=O)(=O)Cl)cc1C(=O)O. The van der Waals surface area contributed by atoms with Crippen molar-refractivity contribution in [1.29, 1.82) is 0 Å². The zero-order chi connectivity index (χ0) is 16.3. The molecule has 118 valence electrons. The van der Waals surface area contributed by atoms with Crippen LogP contribution in [0.3, 0.4) is 0 Å². The molecule has 0 aliphatic heterocycles. The van der Waals surface area contributed by atoms with Gasteiger partial charge in [0.15, 0.2) is 0 Å². The van der Waals surface area contributed by atoms with E-state index in [1.54, 1.807) is 6.07 Å². The van der Waals surface area contributed by atoms with Gasteiger partial charge in [-0.1, -0.05) is 26.8 Å². The van der Waals surface area contributed by atoms with E-state index < -0.39 is 15.3 Å². The van der Waals surface area contributed by atoms with Gasteiger partial charge >= 0.3 is 15.3 Å². The number of carboxylic acid groups (broad SMARTS) is 1. The van der Waals surface area contributed by atoms with E-state index >= 15 is 0 Å². The Morgan fingerprint density at radius 1 is 1.33 bits per heavy atom. The molecule has 0 unspecified atom stereocenters. The second-order valence-electron chi connectivity index (χ2n) is 6.01. The van der Waals surface area contributed by atoms with E-state index in [2.05, 4.69) is 25.0 Å². The summed E-state index contributed by atoms with van der Waals surface area (Å²) >= 11 is 0. The normalized spacial score (nSPS) is 12.2. The minimum Gasteiger partial charge on any atom is -0.478 e. The molecule has 0 saturated heterocycles. The van der Waals surface area contributed by atoms with Gasteiger partial charge in [0.25, 0.3) is 0 Å². The van der Waals surface area contributed by atoms with Crippen LogP contribution in [0.15, 0.2) is 18.2 Å². The van der Waals surface area contributed by atoms with Gasteiger partial charge in [0, 0.05) is 0 Å². The Bertz CT molecular complexity index is 617. The topological polar surface area (TPSA) is 80.7 Å². The monoisotopic (exact) mass is 334 g/mol. The van der Waals surface area contributed by atoms with Crippen molar-refractivity contribution >= 4 is 26.0 Å². The molecule has 0 aromatic heterocycles. The van der Waals surface area contributed by atoms with Crippen LogP contribution in [-0.2, 0) is 15.8 Å². The first-order valence-electron chi connectivity index (χ1n) is 6.48. The lowest BCUT2D eigenvalue weighted by Crippen LogP contribution is -2.08. The molecule has 21 heavy (non-hydrogen) atoms. The second-order valence-corrected chi connectivity index (χ2v) is 8.10. The summed E-state index contributed by atoms with van der Waals surface area (Å²) < 4.78 is 26.2. The van der Waals surface area contributed by atoms with Gasteiger partial charge < -0.3 is 9.29 Å². The molecule has 0 aliphatic rings. The fraction of sp³-hybridized carbons (Fsp3) is 0.500. The molecule has 0 atom stereocenters. The van der Waals surface area contributed by atoms with Crippen LogP contribution >= 0.6 is 10.7 Å². The number of aromatic carboxylic acids is 1. The molecule has 1 rings (SSSR count). The molecule has 1 N–H and O–H groups in total. The minimum atomic E-state index is -4.19. The van der Waals surface area contributed by atoms with Gasteiger partial charge in [0.2, 0.25) is 0 Å². The fourth-order valence-corrected chi connectivity index (χ4v) is 2.50. The maximum absolute atomic E-state index is 11.3. The Balaban J connectivity index is 2.92. The molecule has 5 nitrogen and oxygen atoms in total. The molecule has 0 bridgehead atoms. The summed E-state index contributed by atoms with van der Waals surface area (Å²) in [6, 6.07) is 4.14. The molecule has 0 radical (unpaired) electrons. The molecular weight excluding hydrogens is 316 g/mol. The van der Waals surface area contributed by atoms with Crippen LogP contribution in [0.2, 0.25) is 0 Å². The third-order valence-electron chi connectivity index (χ3n) is 2.88. The number of hydrogen-bond donors (Lipinski definition) is 1. The Kier molecular flexibility index (Phi) is 5.64. The van der Waals surface area contributed by atoms with Gasteiger partial charge in [-0.25, -0.2) is 4.79 Å². The third kappa shape index (κ3) is 6.82. The smallest absolute Gasteiger partial charge is 0.401 e. The van der Waals surface area contributed by atoms with Crippen molar-refractivity contribution in [2.45, 2.75) is 40.0 Å². The molecule has 1 aromatic rings. The van der Waals surface area contributed by atoms with Crippen molar-refractivity contribution in [2.75, 3.05) is 0 Å². The second kappa shape index (κ2) is 6.66. The van der Waals surface area contributed by atoms with Gasteiger partial charge in [-0.3, -0.25) is 0 Å². The van der Waals surface area contributed by atoms with E-state index in [9.17, 15) is 18.3 Å². The summed E-state index contributed by atoms with van der Waals surface area (Å²) in [4.78, 5) is 11.3. The largest absolute Gasteiger partial charge is 0.478 e. The summed E-state index contributed by atoms with van der Waals surface area (Å²) in [6.45, 7) is 6.36. The summed E-state index contributed by atoms with van der Waals surface area (Å²) in [6.07, 6.45) is 2.41. The van der Waals surface area contributed by atoms with Crippen LogP contribution in [0.4, 0.5) is 0 Å². The van der Waals surface area contributed by atoms with Crippen molar-refractivity contribution in [3.63, 3.8) is 0 Å². The maximum atomic E-state index is 11.3. The molecule has 1 aromatic carbocycles. The summed E-state index contributed by atoms with van der Waals surface area (Å²) in [5.74, 6) is -1.24. The number of rotatable bonds is 6. The molecule has 0 aliphatic carbocycles. The highest BCUT2D eigenvalue weighted by Crippen LogP contribution is 2.25. The Labute approximate surface area is 129 Å². The van der Waals surface area contributed by atoms with Gasteiger partial charge in [0.05, 0.1) is 16.2 Å². The first-order chi connectivity index (χ1) is 9.48. The Morgan fingerprint density at radius 3 is 2.43 bits per heavy atom. The predicted octanol–water partition coefficient (Wildman–Crippen LogP) is 3.62. The van der Waals surface area contributed by atoms with Gasteiger partial charge in [-0.05, 0) is 42.4 Å². The first-order valence-corrected chi connectivity index (χ1v) is 8.72. The fourth-order valence-electron chi connectivity index (χ4n) is 1.95. The van der Waals surface area contributed by atoms with E-state index in [4.69, 9.17) is 10.7 Å². The Morgan fingerprint density at radius 2 is 1.95 bits per heavy atom.